The van der Waals surface area contributed by atoms with E-state index in [1.54, 1.807) is 14.0 Å². The molecular weight excluding hydrogens is 332 g/mol. The number of pyridine rings is 1. The molecule has 2 aromatic rings. The Morgan fingerprint density at radius 1 is 1.19 bits per heavy atom. The van der Waals surface area contributed by atoms with Gasteiger partial charge in [-0.05, 0) is 38.3 Å². The summed E-state index contributed by atoms with van der Waals surface area (Å²) in [5.74, 6) is -0.350. The zero-order valence-electron chi connectivity index (χ0n) is 15.4. The Labute approximate surface area is 152 Å². The van der Waals surface area contributed by atoms with Crippen LogP contribution in [0, 0.1) is 32.1 Å². The minimum atomic E-state index is -0.481. The van der Waals surface area contributed by atoms with Gasteiger partial charge in [0, 0.05) is 25.8 Å². The average molecular weight is 354 g/mol. The van der Waals surface area contributed by atoms with Crippen molar-refractivity contribution in [1.82, 2.24) is 4.57 Å². The molecule has 1 heterocycles. The number of benzene rings is 1. The van der Waals surface area contributed by atoms with E-state index in [9.17, 15) is 15.2 Å². The third kappa shape index (κ3) is 3.81. The van der Waals surface area contributed by atoms with Crippen molar-refractivity contribution in [3.8, 4) is 11.9 Å². The van der Waals surface area contributed by atoms with E-state index in [-0.39, 0.29) is 23.7 Å². The topological polar surface area (TPSA) is 100.0 Å². The van der Waals surface area contributed by atoms with E-state index in [4.69, 9.17) is 4.74 Å². The number of ether oxygens (including phenoxy) is 1. The normalized spacial score (nSPS) is 11.0. The number of azo groups is 1. The molecule has 0 aliphatic heterocycles. The summed E-state index contributed by atoms with van der Waals surface area (Å²) in [6.07, 6.45) is 0.519. The van der Waals surface area contributed by atoms with Crippen LogP contribution in [0.15, 0.2) is 33.2 Å². The molecule has 0 fully saturated rings. The van der Waals surface area contributed by atoms with Crippen LogP contribution in [0.4, 0.5) is 11.4 Å². The number of nitrogens with zero attached hydrogens (tertiary/aromatic N) is 4. The second-order valence-electron chi connectivity index (χ2n) is 6.03. The van der Waals surface area contributed by atoms with Crippen molar-refractivity contribution in [1.29, 1.82) is 5.26 Å². The summed E-state index contributed by atoms with van der Waals surface area (Å²) < 4.78 is 6.12. The van der Waals surface area contributed by atoms with Crippen LogP contribution in [0.1, 0.15) is 28.7 Å². The standard InChI is InChI=1S/C19H22N4O3/c1-12-7-5-8-13(2)16(12)21-22-17-14(3)15(11-20)18(24)23(19(17)25)9-6-10-26-4/h5,7-8,24H,6,9-10H2,1-4H3. The Hall–Kier alpha value is -2.98. The van der Waals surface area contributed by atoms with Gasteiger partial charge in [0.15, 0.2) is 5.69 Å². The minimum absolute atomic E-state index is 0.0254. The lowest BCUT2D eigenvalue weighted by atomic mass is 10.1. The summed E-state index contributed by atoms with van der Waals surface area (Å²) >= 11 is 0. The predicted molar refractivity (Wildman–Crippen MR) is 98.4 cm³/mol. The summed E-state index contributed by atoms with van der Waals surface area (Å²) in [6, 6.07) is 7.69. The van der Waals surface area contributed by atoms with Gasteiger partial charge < -0.3 is 9.84 Å². The van der Waals surface area contributed by atoms with E-state index in [0.717, 1.165) is 15.7 Å². The molecule has 0 bridgehead atoms. The van der Waals surface area contributed by atoms with Gasteiger partial charge in [-0.3, -0.25) is 9.36 Å². The molecule has 0 aliphatic carbocycles. The first-order valence-electron chi connectivity index (χ1n) is 8.25. The van der Waals surface area contributed by atoms with Crippen LogP contribution < -0.4 is 5.56 Å². The summed E-state index contributed by atoms with van der Waals surface area (Å²) in [7, 11) is 1.56. The lowest BCUT2D eigenvalue weighted by Gasteiger charge is -2.13. The molecule has 7 nitrogen and oxygen atoms in total. The molecule has 1 aromatic carbocycles. The molecule has 0 atom stereocenters. The molecule has 0 radical (unpaired) electrons. The predicted octanol–water partition coefficient (Wildman–Crippen LogP) is 3.80. The third-order valence-corrected chi connectivity index (χ3v) is 4.19. The van der Waals surface area contributed by atoms with Crippen LogP contribution in [-0.4, -0.2) is 23.4 Å². The van der Waals surface area contributed by atoms with Crippen LogP contribution in [0.25, 0.3) is 0 Å². The summed E-state index contributed by atoms with van der Waals surface area (Å²) in [4.78, 5) is 12.8. The van der Waals surface area contributed by atoms with E-state index in [2.05, 4.69) is 10.2 Å². The summed E-state index contributed by atoms with van der Waals surface area (Å²) in [5, 5.41) is 28.0. The highest BCUT2D eigenvalue weighted by Gasteiger charge is 2.19. The van der Waals surface area contributed by atoms with Crippen molar-refractivity contribution in [3.63, 3.8) is 0 Å². The van der Waals surface area contributed by atoms with Gasteiger partial charge in [0.05, 0.1) is 5.69 Å². The first kappa shape index (κ1) is 19.3. The Morgan fingerprint density at radius 3 is 2.38 bits per heavy atom. The van der Waals surface area contributed by atoms with Crippen LogP contribution in [0.2, 0.25) is 0 Å². The number of hydrogen-bond donors (Lipinski definition) is 1. The van der Waals surface area contributed by atoms with Gasteiger partial charge in [-0.25, -0.2) is 0 Å². The maximum atomic E-state index is 12.8. The fraction of sp³-hybridized carbons (Fsp3) is 0.368. The number of aromatic nitrogens is 1. The summed E-state index contributed by atoms with van der Waals surface area (Å²) in [6.45, 7) is 6.06. The van der Waals surface area contributed by atoms with Crippen molar-refractivity contribution in [2.75, 3.05) is 13.7 Å². The highest BCUT2D eigenvalue weighted by Crippen LogP contribution is 2.29. The lowest BCUT2D eigenvalue weighted by molar-refractivity contribution is 0.188. The van der Waals surface area contributed by atoms with Crippen LogP contribution in [0.3, 0.4) is 0 Å². The van der Waals surface area contributed by atoms with Crippen molar-refractivity contribution >= 4 is 11.4 Å². The fourth-order valence-corrected chi connectivity index (χ4v) is 2.69. The van der Waals surface area contributed by atoms with Crippen molar-refractivity contribution in [3.05, 3.63) is 50.8 Å². The molecule has 2 rings (SSSR count). The molecule has 0 unspecified atom stereocenters. The fourth-order valence-electron chi connectivity index (χ4n) is 2.69. The maximum absolute atomic E-state index is 12.8. The van der Waals surface area contributed by atoms with E-state index < -0.39 is 5.56 Å². The van der Waals surface area contributed by atoms with Crippen molar-refractivity contribution in [2.45, 2.75) is 33.7 Å². The zero-order valence-corrected chi connectivity index (χ0v) is 15.4. The van der Waals surface area contributed by atoms with E-state index in [1.807, 2.05) is 38.1 Å². The number of aryl methyl sites for hydroxylation is 2. The smallest absolute Gasteiger partial charge is 0.281 e. The van der Waals surface area contributed by atoms with Crippen LogP contribution in [-0.2, 0) is 11.3 Å². The highest BCUT2D eigenvalue weighted by atomic mass is 16.5. The van der Waals surface area contributed by atoms with Crippen LogP contribution >= 0.6 is 0 Å². The summed E-state index contributed by atoms with van der Waals surface area (Å²) in [5.41, 5.74) is 2.47. The van der Waals surface area contributed by atoms with Crippen molar-refractivity contribution in [2.24, 2.45) is 10.2 Å². The second-order valence-corrected chi connectivity index (χ2v) is 6.03. The third-order valence-electron chi connectivity index (χ3n) is 4.19. The van der Waals surface area contributed by atoms with E-state index >= 15 is 0 Å². The Kier molecular flexibility index (Phi) is 6.26. The first-order chi connectivity index (χ1) is 12.4. The molecule has 26 heavy (non-hydrogen) atoms. The number of methoxy groups -OCH3 is 1. The zero-order chi connectivity index (χ0) is 19.3. The molecule has 7 heteroatoms. The number of aromatic hydroxyl groups is 1. The molecule has 0 saturated heterocycles. The van der Waals surface area contributed by atoms with Gasteiger partial charge in [0.25, 0.3) is 5.56 Å². The van der Waals surface area contributed by atoms with Gasteiger partial charge in [0.2, 0.25) is 5.88 Å². The molecule has 0 saturated carbocycles. The number of rotatable bonds is 6. The number of nitriles is 1. The largest absolute Gasteiger partial charge is 0.493 e. The Bertz CT molecular complexity index is 919. The van der Waals surface area contributed by atoms with Gasteiger partial charge >= 0.3 is 0 Å². The molecule has 0 spiro atoms. The molecule has 0 aliphatic rings. The highest BCUT2D eigenvalue weighted by molar-refractivity contribution is 5.57. The molecule has 1 aromatic heterocycles. The van der Waals surface area contributed by atoms with E-state index in [0.29, 0.717) is 24.3 Å². The second kappa shape index (κ2) is 8.41. The van der Waals surface area contributed by atoms with Gasteiger partial charge in [-0.1, -0.05) is 18.2 Å². The van der Waals surface area contributed by atoms with Gasteiger partial charge in [0.1, 0.15) is 11.6 Å². The van der Waals surface area contributed by atoms with Crippen molar-refractivity contribution < 1.29 is 9.84 Å². The quantitative estimate of drug-likeness (QED) is 0.630. The monoisotopic (exact) mass is 354 g/mol. The maximum Gasteiger partial charge on any atom is 0.281 e. The molecule has 1 N–H and O–H groups in total. The minimum Gasteiger partial charge on any atom is -0.493 e. The Balaban J connectivity index is 2.58. The Morgan fingerprint density at radius 2 is 1.81 bits per heavy atom. The molecule has 0 amide bonds. The lowest BCUT2D eigenvalue weighted by Crippen LogP contribution is -2.22. The average Bonchev–Trinajstić information content (AvgIpc) is 2.60. The SMILES string of the molecule is COCCCn1c(O)c(C#N)c(C)c(N=Nc2c(C)cccc2C)c1=O. The first-order valence-corrected chi connectivity index (χ1v) is 8.25. The number of hydrogen-bond acceptors (Lipinski definition) is 6. The van der Waals surface area contributed by atoms with Crippen LogP contribution in [0.5, 0.6) is 5.88 Å². The molecule has 136 valence electrons. The van der Waals surface area contributed by atoms with E-state index in [1.165, 1.54) is 0 Å². The van der Waals surface area contributed by atoms with Gasteiger partial charge in [-0.2, -0.15) is 5.26 Å². The molecular formula is C19H22N4O3. The van der Waals surface area contributed by atoms with Gasteiger partial charge in [-0.15, -0.1) is 10.2 Å².